The van der Waals surface area contributed by atoms with Crippen molar-refractivity contribution in [3.05, 3.63) is 35.9 Å². The first-order valence-corrected chi connectivity index (χ1v) is 11.3. The zero-order valence-electron chi connectivity index (χ0n) is 19.9. The highest BCUT2D eigenvalue weighted by Crippen LogP contribution is 2.11. The minimum atomic E-state index is -1.39. The molecule has 1 aromatic rings. The summed E-state index contributed by atoms with van der Waals surface area (Å²) >= 11 is 0. The van der Waals surface area contributed by atoms with E-state index in [9.17, 15) is 29.1 Å². The average Bonchev–Trinajstić information content (AvgIpc) is 2.83. The van der Waals surface area contributed by atoms with Gasteiger partial charge in [-0.05, 0) is 17.9 Å². The van der Waals surface area contributed by atoms with Gasteiger partial charge in [-0.1, -0.05) is 50.6 Å². The fraction of sp³-hybridized carbons (Fsp3) is 0.522. The molecule has 0 aliphatic rings. The maximum Gasteiger partial charge on any atom is 0.326 e. The molecule has 194 valence electrons. The van der Waals surface area contributed by atoms with E-state index in [4.69, 9.17) is 16.6 Å². The number of carbonyl (C=O) groups is 5. The molecule has 0 saturated heterocycles. The summed E-state index contributed by atoms with van der Waals surface area (Å²) in [4.78, 5) is 61.0. The number of nitrogens with two attached hydrogens (primary N) is 2. The number of hydrogen-bond donors (Lipinski definition) is 7. The van der Waals surface area contributed by atoms with E-state index in [1.54, 1.807) is 37.3 Å². The molecule has 0 aliphatic carbocycles. The van der Waals surface area contributed by atoms with Crippen molar-refractivity contribution < 1.29 is 34.2 Å². The van der Waals surface area contributed by atoms with Crippen LogP contribution in [0.1, 0.15) is 38.7 Å². The van der Waals surface area contributed by atoms with Crippen LogP contribution in [0.4, 0.5) is 0 Å². The zero-order chi connectivity index (χ0) is 26.5. The van der Waals surface area contributed by atoms with Gasteiger partial charge in [0.2, 0.25) is 23.6 Å². The first-order chi connectivity index (χ1) is 16.5. The fourth-order valence-electron chi connectivity index (χ4n) is 3.18. The molecule has 35 heavy (non-hydrogen) atoms. The molecule has 4 amide bonds. The van der Waals surface area contributed by atoms with Gasteiger partial charge in [-0.2, -0.15) is 0 Å². The second-order valence-electron chi connectivity index (χ2n) is 8.32. The second-order valence-corrected chi connectivity index (χ2v) is 8.32. The molecule has 0 bridgehead atoms. The van der Waals surface area contributed by atoms with Crippen LogP contribution in [0.2, 0.25) is 0 Å². The third-order valence-corrected chi connectivity index (χ3v) is 5.54. The smallest absolute Gasteiger partial charge is 0.326 e. The van der Waals surface area contributed by atoms with Crippen molar-refractivity contribution in [1.29, 1.82) is 0 Å². The second kappa shape index (κ2) is 14.7. The topological polar surface area (TPSA) is 214 Å². The molecule has 0 radical (unpaired) electrons. The maximum absolute atomic E-state index is 13.1. The number of benzene rings is 1. The van der Waals surface area contributed by atoms with Gasteiger partial charge in [0.1, 0.15) is 24.2 Å². The summed E-state index contributed by atoms with van der Waals surface area (Å²) in [5, 5.41) is 26.0. The van der Waals surface area contributed by atoms with Gasteiger partial charge in [-0.25, -0.2) is 4.79 Å². The molecule has 12 heteroatoms. The number of carbonyl (C=O) groups excluding carboxylic acids is 4. The number of hydrogen-bond acceptors (Lipinski definition) is 7. The zero-order valence-corrected chi connectivity index (χ0v) is 19.9. The summed E-state index contributed by atoms with van der Waals surface area (Å²) in [6.45, 7) is 2.93. The van der Waals surface area contributed by atoms with Gasteiger partial charge in [0.15, 0.2) is 0 Å². The number of aliphatic carboxylic acids is 1. The van der Waals surface area contributed by atoms with Crippen molar-refractivity contribution >= 4 is 29.6 Å². The largest absolute Gasteiger partial charge is 0.480 e. The molecular formula is C23H35N5O7. The van der Waals surface area contributed by atoms with Gasteiger partial charge in [-0.15, -0.1) is 0 Å². The minimum absolute atomic E-state index is 0.0396. The Morgan fingerprint density at radius 3 is 2.06 bits per heavy atom. The van der Waals surface area contributed by atoms with E-state index in [1.165, 1.54) is 0 Å². The Bertz CT molecular complexity index is 880. The van der Waals surface area contributed by atoms with Crippen LogP contribution >= 0.6 is 0 Å². The molecule has 5 unspecified atom stereocenters. The number of amides is 4. The first kappa shape index (κ1) is 29.5. The van der Waals surface area contributed by atoms with Gasteiger partial charge >= 0.3 is 5.97 Å². The molecule has 0 aliphatic heterocycles. The third kappa shape index (κ3) is 10.1. The van der Waals surface area contributed by atoms with Gasteiger partial charge in [-0.3, -0.25) is 19.2 Å². The van der Waals surface area contributed by atoms with Gasteiger partial charge in [0.05, 0.1) is 6.61 Å². The Morgan fingerprint density at radius 1 is 0.943 bits per heavy atom. The van der Waals surface area contributed by atoms with Crippen molar-refractivity contribution in [2.75, 3.05) is 6.61 Å². The SMILES string of the molecule is CCC(C)C(NC(=O)C(N)CO)C(=O)NC(Cc1ccccc1)C(=O)NC(CCC(N)=O)C(=O)O. The lowest BCUT2D eigenvalue weighted by Crippen LogP contribution is -2.59. The van der Waals surface area contributed by atoms with Crippen LogP contribution in [0.5, 0.6) is 0 Å². The fourth-order valence-corrected chi connectivity index (χ4v) is 3.18. The first-order valence-electron chi connectivity index (χ1n) is 11.3. The Hall–Kier alpha value is -3.51. The third-order valence-electron chi connectivity index (χ3n) is 5.54. The van der Waals surface area contributed by atoms with E-state index in [-0.39, 0.29) is 25.2 Å². The Morgan fingerprint density at radius 2 is 1.54 bits per heavy atom. The molecular weight excluding hydrogens is 458 g/mol. The van der Waals surface area contributed by atoms with Crippen molar-refractivity contribution in [1.82, 2.24) is 16.0 Å². The van der Waals surface area contributed by atoms with Crippen LogP contribution in [-0.4, -0.2) is 70.6 Å². The molecule has 1 rings (SSSR count). The molecule has 12 nitrogen and oxygen atoms in total. The molecule has 9 N–H and O–H groups in total. The van der Waals surface area contributed by atoms with E-state index < -0.39 is 60.4 Å². The summed E-state index contributed by atoms with van der Waals surface area (Å²) in [6.07, 6.45) is 0.0849. The van der Waals surface area contributed by atoms with Gasteiger partial charge < -0.3 is 37.6 Å². The van der Waals surface area contributed by atoms with Crippen molar-refractivity contribution in [3.8, 4) is 0 Å². The number of rotatable bonds is 15. The van der Waals surface area contributed by atoms with E-state index in [0.717, 1.165) is 0 Å². The number of carboxylic acids is 1. The Labute approximate surface area is 203 Å². The summed E-state index contributed by atoms with van der Waals surface area (Å²) in [5.41, 5.74) is 11.3. The monoisotopic (exact) mass is 493 g/mol. The molecule has 0 fully saturated rings. The van der Waals surface area contributed by atoms with Gasteiger partial charge in [0.25, 0.3) is 0 Å². The van der Waals surface area contributed by atoms with Crippen LogP contribution < -0.4 is 27.4 Å². The normalized spacial score (nSPS) is 15.1. The van der Waals surface area contributed by atoms with E-state index in [2.05, 4.69) is 16.0 Å². The van der Waals surface area contributed by atoms with E-state index >= 15 is 0 Å². The number of nitrogens with one attached hydrogen (secondary N) is 3. The lowest BCUT2D eigenvalue weighted by Gasteiger charge is -2.28. The van der Waals surface area contributed by atoms with Crippen LogP contribution in [0.25, 0.3) is 0 Å². The summed E-state index contributed by atoms with van der Waals surface area (Å²) in [5.74, 6) is -4.58. The highest BCUT2D eigenvalue weighted by molar-refractivity contribution is 5.94. The highest BCUT2D eigenvalue weighted by atomic mass is 16.4. The van der Waals surface area contributed by atoms with Crippen LogP contribution in [-0.2, 0) is 30.4 Å². The number of carboxylic acid groups (broad SMARTS) is 1. The minimum Gasteiger partial charge on any atom is -0.480 e. The predicted molar refractivity (Wildman–Crippen MR) is 127 cm³/mol. The molecule has 0 heterocycles. The Kier molecular flexibility index (Phi) is 12.4. The lowest BCUT2D eigenvalue weighted by molar-refractivity contribution is -0.142. The Balaban J connectivity index is 3.13. The summed E-state index contributed by atoms with van der Waals surface area (Å²) in [6, 6.07) is 3.90. The predicted octanol–water partition coefficient (Wildman–Crippen LogP) is -1.60. The highest BCUT2D eigenvalue weighted by Gasteiger charge is 2.32. The summed E-state index contributed by atoms with van der Waals surface area (Å²) < 4.78 is 0. The summed E-state index contributed by atoms with van der Waals surface area (Å²) in [7, 11) is 0. The molecule has 0 aromatic heterocycles. The molecule has 1 aromatic carbocycles. The van der Waals surface area contributed by atoms with Crippen molar-refractivity contribution in [3.63, 3.8) is 0 Å². The number of aliphatic hydroxyl groups excluding tert-OH is 1. The quantitative estimate of drug-likeness (QED) is 0.151. The number of primary amides is 1. The maximum atomic E-state index is 13.1. The van der Waals surface area contributed by atoms with Crippen molar-refractivity contribution in [2.24, 2.45) is 17.4 Å². The average molecular weight is 494 g/mol. The van der Waals surface area contributed by atoms with Crippen LogP contribution in [0.15, 0.2) is 30.3 Å². The van der Waals surface area contributed by atoms with Gasteiger partial charge in [0, 0.05) is 12.8 Å². The molecule has 5 atom stereocenters. The van der Waals surface area contributed by atoms with Crippen LogP contribution in [0.3, 0.4) is 0 Å². The van der Waals surface area contributed by atoms with E-state index in [0.29, 0.717) is 12.0 Å². The number of aliphatic hydroxyl groups is 1. The van der Waals surface area contributed by atoms with E-state index in [1.807, 2.05) is 6.92 Å². The standard InChI is InChI=1S/C23H35N5O7/c1-3-13(2)19(28-20(31)15(24)12-29)22(33)27-17(11-14-7-5-4-6-8-14)21(32)26-16(23(34)35)9-10-18(25)30/h4-8,13,15-17,19,29H,3,9-12,24H2,1-2H3,(H2,25,30)(H,26,32)(H,27,33)(H,28,31)(H,34,35). The molecule has 0 spiro atoms. The van der Waals surface area contributed by atoms with Crippen molar-refractivity contribution in [2.45, 2.75) is 63.7 Å². The lowest BCUT2D eigenvalue weighted by atomic mass is 9.96. The van der Waals surface area contributed by atoms with Crippen LogP contribution in [0, 0.1) is 5.92 Å². The molecule has 0 saturated carbocycles.